The van der Waals surface area contributed by atoms with E-state index >= 15 is 0 Å². The Labute approximate surface area is 118 Å². The molecule has 19 heavy (non-hydrogen) atoms. The summed E-state index contributed by atoms with van der Waals surface area (Å²) in [7, 11) is 1.60. The summed E-state index contributed by atoms with van der Waals surface area (Å²) in [6, 6.07) is 5.38. The standard InChI is InChI=1S/C14H20ClNO3/c1-3-4-8-16(9-7-14(17)18)12-10-11(15)5-6-13(12)19-2/h5-6,10H,3-4,7-9H2,1-2H3,(H,17,18). The molecule has 4 nitrogen and oxygen atoms in total. The van der Waals surface area contributed by atoms with Crippen molar-refractivity contribution < 1.29 is 14.6 Å². The Morgan fingerprint density at radius 2 is 2.16 bits per heavy atom. The van der Waals surface area contributed by atoms with Crippen molar-refractivity contribution in [3.63, 3.8) is 0 Å². The van der Waals surface area contributed by atoms with E-state index in [1.165, 1.54) is 0 Å². The van der Waals surface area contributed by atoms with Gasteiger partial charge in [-0.15, -0.1) is 0 Å². The van der Waals surface area contributed by atoms with Crippen molar-refractivity contribution >= 4 is 23.3 Å². The molecule has 0 aliphatic heterocycles. The molecule has 0 aliphatic rings. The number of methoxy groups -OCH3 is 1. The molecule has 0 fully saturated rings. The molecule has 0 heterocycles. The molecule has 0 aliphatic carbocycles. The molecule has 0 unspecified atom stereocenters. The number of carboxylic acids is 1. The highest BCUT2D eigenvalue weighted by atomic mass is 35.5. The van der Waals surface area contributed by atoms with Gasteiger partial charge in [-0.1, -0.05) is 24.9 Å². The summed E-state index contributed by atoms with van der Waals surface area (Å²) in [6.07, 6.45) is 2.14. The highest BCUT2D eigenvalue weighted by Crippen LogP contribution is 2.31. The maximum atomic E-state index is 10.7. The van der Waals surface area contributed by atoms with Crippen LogP contribution in [0.3, 0.4) is 0 Å². The number of carbonyl (C=O) groups is 1. The second-order valence-corrected chi connectivity index (χ2v) is 4.74. The summed E-state index contributed by atoms with van der Waals surface area (Å²) < 4.78 is 5.32. The van der Waals surface area contributed by atoms with Crippen LogP contribution in [0.25, 0.3) is 0 Å². The molecule has 0 saturated carbocycles. The van der Waals surface area contributed by atoms with E-state index in [1.54, 1.807) is 19.2 Å². The van der Waals surface area contributed by atoms with E-state index in [2.05, 4.69) is 6.92 Å². The minimum Gasteiger partial charge on any atom is -0.495 e. The van der Waals surface area contributed by atoms with E-state index in [4.69, 9.17) is 21.4 Å². The molecular formula is C14H20ClNO3. The van der Waals surface area contributed by atoms with Gasteiger partial charge in [-0.3, -0.25) is 4.79 Å². The largest absolute Gasteiger partial charge is 0.495 e. The van der Waals surface area contributed by atoms with Crippen molar-refractivity contribution in [3.05, 3.63) is 23.2 Å². The van der Waals surface area contributed by atoms with Crippen LogP contribution in [-0.4, -0.2) is 31.3 Å². The van der Waals surface area contributed by atoms with E-state index in [0.717, 1.165) is 25.1 Å². The van der Waals surface area contributed by atoms with Gasteiger partial charge in [-0.05, 0) is 24.6 Å². The molecule has 5 heteroatoms. The van der Waals surface area contributed by atoms with Gasteiger partial charge in [0.15, 0.2) is 0 Å². The zero-order valence-electron chi connectivity index (χ0n) is 11.4. The number of hydrogen-bond donors (Lipinski definition) is 1. The van der Waals surface area contributed by atoms with Crippen molar-refractivity contribution in [3.8, 4) is 5.75 Å². The fraction of sp³-hybridized carbons (Fsp3) is 0.500. The SMILES string of the molecule is CCCCN(CCC(=O)O)c1cc(Cl)ccc1OC. The number of aliphatic carboxylic acids is 1. The van der Waals surface area contributed by atoms with Gasteiger partial charge in [0.2, 0.25) is 0 Å². The second kappa shape index (κ2) is 7.89. The lowest BCUT2D eigenvalue weighted by Crippen LogP contribution is -2.27. The minimum atomic E-state index is -0.803. The molecule has 0 saturated heterocycles. The van der Waals surface area contributed by atoms with Crippen LogP contribution in [-0.2, 0) is 4.79 Å². The predicted molar refractivity (Wildman–Crippen MR) is 77.4 cm³/mol. The second-order valence-electron chi connectivity index (χ2n) is 4.30. The number of rotatable bonds is 8. The zero-order valence-corrected chi connectivity index (χ0v) is 12.1. The maximum Gasteiger partial charge on any atom is 0.305 e. The van der Waals surface area contributed by atoms with Gasteiger partial charge in [0.1, 0.15) is 5.75 Å². The lowest BCUT2D eigenvalue weighted by molar-refractivity contribution is -0.136. The Kier molecular flexibility index (Phi) is 6.50. The van der Waals surface area contributed by atoms with Crippen LogP contribution in [0.2, 0.25) is 5.02 Å². The monoisotopic (exact) mass is 285 g/mol. The smallest absolute Gasteiger partial charge is 0.305 e. The van der Waals surface area contributed by atoms with Gasteiger partial charge in [0, 0.05) is 18.1 Å². The molecule has 0 amide bonds. The fourth-order valence-corrected chi connectivity index (χ4v) is 2.01. The Bertz CT molecular complexity index is 423. The predicted octanol–water partition coefficient (Wildman–Crippen LogP) is 3.43. The van der Waals surface area contributed by atoms with Crippen LogP contribution in [0.15, 0.2) is 18.2 Å². The Balaban J connectivity index is 2.93. The number of anilines is 1. The van der Waals surface area contributed by atoms with E-state index in [0.29, 0.717) is 17.3 Å². The van der Waals surface area contributed by atoms with Crippen LogP contribution in [0.4, 0.5) is 5.69 Å². The third kappa shape index (κ3) is 4.99. The Morgan fingerprint density at radius 3 is 2.74 bits per heavy atom. The van der Waals surface area contributed by atoms with Crippen molar-refractivity contribution in [2.75, 3.05) is 25.1 Å². The van der Waals surface area contributed by atoms with Crippen LogP contribution < -0.4 is 9.64 Å². The summed E-state index contributed by atoms with van der Waals surface area (Å²) in [5.41, 5.74) is 0.852. The van der Waals surface area contributed by atoms with E-state index in [1.807, 2.05) is 11.0 Å². The summed E-state index contributed by atoms with van der Waals surface area (Å²) in [4.78, 5) is 12.8. The molecule has 0 bridgehead atoms. The summed E-state index contributed by atoms with van der Waals surface area (Å²) in [5.74, 6) is -0.0895. The molecule has 0 aromatic heterocycles. The lowest BCUT2D eigenvalue weighted by Gasteiger charge is -2.26. The van der Waals surface area contributed by atoms with E-state index in [9.17, 15) is 4.79 Å². The average molecular weight is 286 g/mol. The van der Waals surface area contributed by atoms with Crippen molar-refractivity contribution in [1.29, 1.82) is 0 Å². The topological polar surface area (TPSA) is 49.8 Å². The van der Waals surface area contributed by atoms with Gasteiger partial charge in [-0.2, -0.15) is 0 Å². The molecular weight excluding hydrogens is 266 g/mol. The van der Waals surface area contributed by atoms with Crippen molar-refractivity contribution in [2.24, 2.45) is 0 Å². The van der Waals surface area contributed by atoms with Crippen LogP contribution in [0.1, 0.15) is 26.2 Å². The van der Waals surface area contributed by atoms with Crippen LogP contribution in [0, 0.1) is 0 Å². The molecule has 1 N–H and O–H groups in total. The Hall–Kier alpha value is -1.42. The van der Waals surface area contributed by atoms with Crippen molar-refractivity contribution in [1.82, 2.24) is 0 Å². The summed E-state index contributed by atoms with van der Waals surface area (Å²) in [6.45, 7) is 3.34. The van der Waals surface area contributed by atoms with Crippen LogP contribution >= 0.6 is 11.6 Å². The number of halogens is 1. The van der Waals surface area contributed by atoms with Gasteiger partial charge in [0.25, 0.3) is 0 Å². The number of carboxylic acid groups (broad SMARTS) is 1. The summed E-state index contributed by atoms with van der Waals surface area (Å²) >= 11 is 6.02. The highest BCUT2D eigenvalue weighted by molar-refractivity contribution is 6.30. The summed E-state index contributed by atoms with van der Waals surface area (Å²) in [5, 5.41) is 9.45. The van der Waals surface area contributed by atoms with E-state index < -0.39 is 5.97 Å². The zero-order chi connectivity index (χ0) is 14.3. The molecule has 0 spiro atoms. The van der Waals surface area contributed by atoms with E-state index in [-0.39, 0.29) is 6.42 Å². The van der Waals surface area contributed by atoms with Crippen molar-refractivity contribution in [2.45, 2.75) is 26.2 Å². The molecule has 0 radical (unpaired) electrons. The number of unbranched alkanes of at least 4 members (excludes halogenated alkanes) is 1. The van der Waals surface area contributed by atoms with Gasteiger partial charge >= 0.3 is 5.97 Å². The molecule has 106 valence electrons. The van der Waals surface area contributed by atoms with Crippen LogP contribution in [0.5, 0.6) is 5.75 Å². The number of benzene rings is 1. The number of ether oxygens (including phenoxy) is 1. The molecule has 1 aromatic carbocycles. The minimum absolute atomic E-state index is 0.0966. The number of nitrogens with zero attached hydrogens (tertiary/aromatic N) is 1. The third-order valence-electron chi connectivity index (χ3n) is 2.86. The molecule has 1 aromatic rings. The maximum absolute atomic E-state index is 10.7. The first-order valence-electron chi connectivity index (χ1n) is 6.38. The third-order valence-corrected chi connectivity index (χ3v) is 3.09. The van der Waals surface area contributed by atoms with Gasteiger partial charge in [-0.25, -0.2) is 0 Å². The highest BCUT2D eigenvalue weighted by Gasteiger charge is 2.13. The number of hydrogen-bond acceptors (Lipinski definition) is 3. The first-order chi connectivity index (χ1) is 9.08. The quantitative estimate of drug-likeness (QED) is 0.795. The van der Waals surface area contributed by atoms with Gasteiger partial charge in [0.05, 0.1) is 19.2 Å². The Morgan fingerprint density at radius 1 is 1.42 bits per heavy atom. The van der Waals surface area contributed by atoms with Gasteiger partial charge < -0.3 is 14.7 Å². The average Bonchev–Trinajstić information content (AvgIpc) is 2.38. The first kappa shape index (κ1) is 15.6. The molecule has 0 atom stereocenters. The lowest BCUT2D eigenvalue weighted by atomic mass is 10.2. The first-order valence-corrected chi connectivity index (χ1v) is 6.76. The molecule has 1 rings (SSSR count). The fourth-order valence-electron chi connectivity index (χ4n) is 1.84. The normalized spacial score (nSPS) is 10.3.